The van der Waals surface area contributed by atoms with Gasteiger partial charge in [0.2, 0.25) is 5.67 Å². The van der Waals surface area contributed by atoms with Crippen LogP contribution >= 0.6 is 0 Å². The summed E-state index contributed by atoms with van der Waals surface area (Å²) in [6.07, 6.45) is 0.748. The van der Waals surface area contributed by atoms with Crippen LogP contribution in [0, 0.1) is 6.92 Å². The summed E-state index contributed by atoms with van der Waals surface area (Å²) in [4.78, 5) is 24.4. The first-order valence-corrected chi connectivity index (χ1v) is 8.46. The number of likely N-dealkylation sites (tertiary alicyclic amines) is 1. The molecule has 0 spiro atoms. The molecule has 0 bridgehead atoms. The number of hydrogen-bond donors (Lipinski definition) is 1. The average molecular weight is 329 g/mol. The Morgan fingerprint density at radius 2 is 2.00 bits per heavy atom. The zero-order valence-electron chi connectivity index (χ0n) is 12.2. The monoisotopic (exact) mass is 329 g/mol. The predicted molar refractivity (Wildman–Crippen MR) is 76.3 cm³/mol. The number of carbonyl (C=O) groups excluding carboxylic acids is 1. The highest BCUT2D eigenvalue weighted by Gasteiger charge is 2.47. The Balaban J connectivity index is 2.33. The van der Waals surface area contributed by atoms with Gasteiger partial charge < -0.3 is 10.0 Å². The number of halogens is 1. The number of aliphatic carboxylic acids is 1. The quantitative estimate of drug-likeness (QED) is 0.894. The van der Waals surface area contributed by atoms with Gasteiger partial charge in [0.1, 0.15) is 0 Å². The third kappa shape index (κ3) is 2.96. The summed E-state index contributed by atoms with van der Waals surface area (Å²) < 4.78 is 37.2. The molecule has 2 rings (SSSR count). The topological polar surface area (TPSA) is 91.8 Å². The maximum absolute atomic E-state index is 14.0. The zero-order chi connectivity index (χ0) is 16.7. The van der Waals surface area contributed by atoms with Gasteiger partial charge in [0.25, 0.3) is 5.91 Å². The molecule has 120 valence electrons. The first kappa shape index (κ1) is 16.4. The van der Waals surface area contributed by atoms with Gasteiger partial charge in [-0.3, -0.25) is 4.79 Å². The fraction of sp³-hybridized carbons (Fsp3) is 0.429. The Morgan fingerprint density at radius 1 is 1.36 bits per heavy atom. The molecule has 1 saturated heterocycles. The number of carbonyl (C=O) groups is 2. The number of hydrogen-bond acceptors (Lipinski definition) is 4. The van der Waals surface area contributed by atoms with Crippen LogP contribution in [-0.2, 0) is 14.6 Å². The maximum Gasteiger partial charge on any atom is 0.343 e. The molecular formula is C14H16FNO5S. The number of alkyl halides is 1. The second-order valence-corrected chi connectivity index (χ2v) is 7.51. The first-order valence-electron chi connectivity index (χ1n) is 6.57. The summed E-state index contributed by atoms with van der Waals surface area (Å²) in [5, 5.41) is 8.86. The normalized spacial score (nSPS) is 21.9. The van der Waals surface area contributed by atoms with Crippen molar-refractivity contribution in [1.82, 2.24) is 4.90 Å². The molecule has 1 fully saturated rings. The van der Waals surface area contributed by atoms with Crippen molar-refractivity contribution in [3.8, 4) is 0 Å². The molecule has 0 aromatic heterocycles. The van der Waals surface area contributed by atoms with Crippen molar-refractivity contribution in [1.29, 1.82) is 0 Å². The summed E-state index contributed by atoms with van der Waals surface area (Å²) in [5.74, 6) is -2.16. The minimum Gasteiger partial charge on any atom is -0.479 e. The highest BCUT2D eigenvalue weighted by atomic mass is 32.2. The van der Waals surface area contributed by atoms with E-state index in [1.807, 2.05) is 0 Å². The number of rotatable bonds is 3. The van der Waals surface area contributed by atoms with E-state index in [9.17, 15) is 22.4 Å². The van der Waals surface area contributed by atoms with Gasteiger partial charge in [-0.2, -0.15) is 0 Å². The lowest BCUT2D eigenvalue weighted by Gasteiger charge is -2.19. The van der Waals surface area contributed by atoms with Crippen LogP contribution in [0.4, 0.5) is 4.39 Å². The molecule has 1 heterocycles. The van der Waals surface area contributed by atoms with Crippen molar-refractivity contribution in [2.45, 2.75) is 23.9 Å². The smallest absolute Gasteiger partial charge is 0.343 e. The predicted octanol–water partition coefficient (Wildman–Crippen LogP) is 1.04. The number of carboxylic acid groups (broad SMARTS) is 1. The fourth-order valence-electron chi connectivity index (χ4n) is 2.35. The van der Waals surface area contributed by atoms with Crippen LogP contribution in [0.3, 0.4) is 0 Å². The second kappa shape index (κ2) is 5.35. The molecule has 1 aliphatic rings. The minimum absolute atomic E-state index is 0.00890. The summed E-state index contributed by atoms with van der Waals surface area (Å²) in [5.41, 5.74) is -1.76. The van der Waals surface area contributed by atoms with Crippen LogP contribution in [0.5, 0.6) is 0 Å². The Bertz CT molecular complexity index is 746. The Hall–Kier alpha value is -1.96. The summed E-state index contributed by atoms with van der Waals surface area (Å²) >= 11 is 0. The van der Waals surface area contributed by atoms with Gasteiger partial charge in [-0.05, 0) is 24.6 Å². The van der Waals surface area contributed by atoms with E-state index in [1.165, 1.54) is 18.2 Å². The first-order chi connectivity index (χ1) is 10.0. The lowest BCUT2D eigenvalue weighted by molar-refractivity contribution is -0.149. The van der Waals surface area contributed by atoms with E-state index < -0.39 is 33.9 Å². The van der Waals surface area contributed by atoms with Crippen LogP contribution in [0.2, 0.25) is 0 Å². The number of carboxylic acids is 1. The highest BCUT2D eigenvalue weighted by Crippen LogP contribution is 2.28. The molecule has 1 atom stereocenters. The maximum atomic E-state index is 14.0. The van der Waals surface area contributed by atoms with Crippen LogP contribution in [0.25, 0.3) is 0 Å². The zero-order valence-corrected chi connectivity index (χ0v) is 13.0. The van der Waals surface area contributed by atoms with Crippen LogP contribution < -0.4 is 0 Å². The largest absolute Gasteiger partial charge is 0.479 e. The molecule has 1 amide bonds. The summed E-state index contributed by atoms with van der Waals surface area (Å²) in [6, 6.07) is 4.13. The van der Waals surface area contributed by atoms with Gasteiger partial charge in [0.05, 0.1) is 11.4 Å². The molecule has 0 saturated carbocycles. The number of nitrogens with zero attached hydrogens (tertiary/aromatic N) is 1. The molecule has 0 radical (unpaired) electrons. The Kier molecular flexibility index (Phi) is 3.99. The van der Waals surface area contributed by atoms with E-state index in [0.717, 1.165) is 11.2 Å². The summed E-state index contributed by atoms with van der Waals surface area (Å²) in [6.45, 7) is 1.07. The number of amides is 1. The van der Waals surface area contributed by atoms with Gasteiger partial charge in [-0.1, -0.05) is 6.07 Å². The van der Waals surface area contributed by atoms with Crippen molar-refractivity contribution in [3.05, 3.63) is 29.3 Å². The van der Waals surface area contributed by atoms with E-state index in [4.69, 9.17) is 5.11 Å². The third-order valence-electron chi connectivity index (χ3n) is 3.76. The van der Waals surface area contributed by atoms with Crippen molar-refractivity contribution in [2.75, 3.05) is 19.3 Å². The van der Waals surface area contributed by atoms with Gasteiger partial charge >= 0.3 is 5.97 Å². The third-order valence-corrected chi connectivity index (χ3v) is 4.87. The molecule has 1 aliphatic heterocycles. The molecule has 1 N–H and O–H groups in total. The molecule has 22 heavy (non-hydrogen) atoms. The van der Waals surface area contributed by atoms with E-state index >= 15 is 0 Å². The van der Waals surface area contributed by atoms with Crippen LogP contribution in [0.1, 0.15) is 22.3 Å². The molecular weight excluding hydrogens is 313 g/mol. The fourth-order valence-corrected chi connectivity index (χ4v) is 3.00. The molecule has 1 unspecified atom stereocenters. The van der Waals surface area contributed by atoms with Crippen molar-refractivity contribution in [2.24, 2.45) is 0 Å². The molecule has 8 heteroatoms. The van der Waals surface area contributed by atoms with E-state index in [-0.39, 0.29) is 23.4 Å². The van der Waals surface area contributed by atoms with Crippen LogP contribution in [-0.4, -0.2) is 55.3 Å². The van der Waals surface area contributed by atoms with Gasteiger partial charge in [0, 0.05) is 24.8 Å². The second-order valence-electron chi connectivity index (χ2n) is 5.50. The van der Waals surface area contributed by atoms with Crippen LogP contribution in [0.15, 0.2) is 23.1 Å². The van der Waals surface area contributed by atoms with Crippen molar-refractivity contribution >= 4 is 21.7 Å². The van der Waals surface area contributed by atoms with E-state index in [2.05, 4.69) is 0 Å². The van der Waals surface area contributed by atoms with Gasteiger partial charge in [-0.15, -0.1) is 0 Å². The number of benzene rings is 1. The molecule has 1 aromatic rings. The number of sulfone groups is 1. The number of aryl methyl sites for hydroxylation is 1. The Labute approximate surface area is 127 Å². The lowest BCUT2D eigenvalue weighted by atomic mass is 10.1. The lowest BCUT2D eigenvalue weighted by Crippen LogP contribution is -2.39. The molecule has 1 aromatic carbocycles. The minimum atomic E-state index is -3.47. The van der Waals surface area contributed by atoms with Gasteiger partial charge in [-0.25, -0.2) is 17.6 Å². The standard InChI is InChI=1S/C14H16FNO5S/c1-9-3-4-10(22(2,20)21)7-11(9)12(17)16-6-5-14(15,8-16)13(18)19/h3-4,7H,5-6,8H2,1-2H3,(H,18,19). The van der Waals surface area contributed by atoms with Gasteiger partial charge in [0.15, 0.2) is 9.84 Å². The molecule has 6 nitrogen and oxygen atoms in total. The van der Waals surface area contributed by atoms with Crippen molar-refractivity contribution < 1.29 is 27.5 Å². The SMILES string of the molecule is Cc1ccc(S(C)(=O)=O)cc1C(=O)N1CCC(F)(C(=O)O)C1. The van der Waals surface area contributed by atoms with E-state index in [1.54, 1.807) is 6.92 Å². The average Bonchev–Trinajstić information content (AvgIpc) is 2.81. The Morgan fingerprint density at radius 3 is 2.50 bits per heavy atom. The highest BCUT2D eigenvalue weighted by molar-refractivity contribution is 7.90. The van der Waals surface area contributed by atoms with E-state index in [0.29, 0.717) is 5.56 Å². The summed E-state index contributed by atoms with van der Waals surface area (Å²) in [7, 11) is -3.47. The van der Waals surface area contributed by atoms with Crippen molar-refractivity contribution in [3.63, 3.8) is 0 Å². The molecule has 0 aliphatic carbocycles.